The van der Waals surface area contributed by atoms with Crippen LogP contribution >= 0.6 is 23.1 Å². The fourth-order valence-electron chi connectivity index (χ4n) is 2.74. The molecule has 0 aromatic carbocycles. The lowest BCUT2D eigenvalue weighted by atomic mass is 10.2. The van der Waals surface area contributed by atoms with Crippen molar-refractivity contribution < 1.29 is 4.79 Å². The fraction of sp³-hybridized carbons (Fsp3) is 0.421. The molecule has 29 heavy (non-hydrogen) atoms. The van der Waals surface area contributed by atoms with Crippen molar-refractivity contribution in [1.29, 1.82) is 5.26 Å². The summed E-state index contributed by atoms with van der Waals surface area (Å²) in [6.45, 7) is 7.28. The van der Waals surface area contributed by atoms with Gasteiger partial charge in [-0.05, 0) is 19.5 Å². The number of nitrogens with one attached hydrogen (secondary N) is 1. The van der Waals surface area contributed by atoms with Crippen molar-refractivity contribution in [3.8, 4) is 6.07 Å². The molecule has 3 heterocycles. The van der Waals surface area contributed by atoms with E-state index in [1.165, 1.54) is 29.2 Å². The Bertz CT molecular complexity index is 900. The van der Waals surface area contributed by atoms with Crippen molar-refractivity contribution in [3.63, 3.8) is 0 Å². The molecule has 2 aromatic rings. The first kappa shape index (κ1) is 21.2. The summed E-state index contributed by atoms with van der Waals surface area (Å²) >= 11 is 2.82. The van der Waals surface area contributed by atoms with Crippen LogP contribution in [0.3, 0.4) is 0 Å². The van der Waals surface area contributed by atoms with Gasteiger partial charge in [0.15, 0.2) is 16.1 Å². The molecule has 0 aliphatic carbocycles. The maximum absolute atomic E-state index is 11.4. The number of ketones is 1. The van der Waals surface area contributed by atoms with Crippen LogP contribution < -0.4 is 10.2 Å². The van der Waals surface area contributed by atoms with E-state index in [1.54, 1.807) is 6.20 Å². The van der Waals surface area contributed by atoms with E-state index in [9.17, 15) is 4.79 Å². The van der Waals surface area contributed by atoms with E-state index in [2.05, 4.69) is 44.8 Å². The summed E-state index contributed by atoms with van der Waals surface area (Å²) < 4.78 is 0. The molecule has 0 atom stereocenters. The Morgan fingerprint density at radius 2 is 2.21 bits per heavy atom. The first-order chi connectivity index (χ1) is 14.1. The molecule has 0 unspecified atom stereocenters. The number of thioether (sulfide) groups is 1. The minimum atomic E-state index is 0.0529. The minimum absolute atomic E-state index is 0.0529. The Hall–Kier alpha value is -2.48. The van der Waals surface area contributed by atoms with E-state index >= 15 is 0 Å². The SMILES string of the molecule is C=CC(=O)CCCSc1nc(Nc2ncc(C#N)s2)cc(N2CCN(C)CC2)n1. The minimum Gasteiger partial charge on any atom is -0.354 e. The number of carbonyl (C=O) groups excluding carboxylic acids is 1. The Morgan fingerprint density at radius 1 is 1.41 bits per heavy atom. The van der Waals surface area contributed by atoms with Crippen molar-refractivity contribution in [3.05, 3.63) is 29.8 Å². The van der Waals surface area contributed by atoms with Crippen LogP contribution in [0.1, 0.15) is 17.7 Å². The predicted octanol–water partition coefficient (Wildman–Crippen LogP) is 2.93. The summed E-state index contributed by atoms with van der Waals surface area (Å²) in [7, 11) is 2.12. The van der Waals surface area contributed by atoms with Crippen LogP contribution in [0.4, 0.5) is 16.8 Å². The van der Waals surface area contributed by atoms with E-state index in [4.69, 9.17) is 10.2 Å². The molecule has 152 valence electrons. The number of anilines is 3. The maximum Gasteiger partial charge on any atom is 0.191 e. The molecule has 0 saturated carbocycles. The van der Waals surface area contributed by atoms with Gasteiger partial charge in [-0.1, -0.05) is 29.7 Å². The second-order valence-corrected chi connectivity index (χ2v) is 8.67. The summed E-state index contributed by atoms with van der Waals surface area (Å²) in [6, 6.07) is 4.01. The van der Waals surface area contributed by atoms with Crippen LogP contribution in [0.15, 0.2) is 30.1 Å². The Morgan fingerprint density at radius 3 is 2.90 bits per heavy atom. The van der Waals surface area contributed by atoms with Gasteiger partial charge in [-0.3, -0.25) is 4.79 Å². The standard InChI is InChI=1S/C19H23N7OS2/c1-3-14(27)5-4-10-28-19-23-16(22-18-21-13-15(12-20)29-18)11-17(24-19)26-8-6-25(2)7-9-26/h3,11,13H,1,4-10H2,2H3,(H,21,22,23,24). The largest absolute Gasteiger partial charge is 0.354 e. The highest BCUT2D eigenvalue weighted by Gasteiger charge is 2.18. The van der Waals surface area contributed by atoms with Gasteiger partial charge in [0, 0.05) is 44.4 Å². The molecular weight excluding hydrogens is 406 g/mol. The van der Waals surface area contributed by atoms with Crippen LogP contribution in [-0.2, 0) is 4.79 Å². The Kier molecular flexibility index (Phi) is 7.57. The van der Waals surface area contributed by atoms with Crippen LogP contribution in [0.5, 0.6) is 0 Å². The molecule has 2 aromatic heterocycles. The van der Waals surface area contributed by atoms with E-state index in [-0.39, 0.29) is 5.78 Å². The van der Waals surface area contributed by atoms with Gasteiger partial charge in [-0.15, -0.1) is 0 Å². The van der Waals surface area contributed by atoms with Crippen LogP contribution in [0.25, 0.3) is 0 Å². The molecule has 0 bridgehead atoms. The van der Waals surface area contributed by atoms with Gasteiger partial charge in [0.05, 0.1) is 6.20 Å². The highest BCUT2D eigenvalue weighted by atomic mass is 32.2. The number of thiazole rings is 1. The second-order valence-electron chi connectivity index (χ2n) is 6.57. The molecule has 1 N–H and O–H groups in total. The summed E-state index contributed by atoms with van der Waals surface area (Å²) in [6.07, 6.45) is 4.14. The average molecular weight is 430 g/mol. The second kappa shape index (κ2) is 10.3. The molecule has 0 spiro atoms. The van der Waals surface area contributed by atoms with Crippen molar-refractivity contribution >= 4 is 45.6 Å². The number of piperazine rings is 1. The molecule has 1 aliphatic rings. The zero-order valence-electron chi connectivity index (χ0n) is 16.3. The summed E-state index contributed by atoms with van der Waals surface area (Å²) in [5.74, 6) is 2.33. The number of likely N-dealkylation sites (N-methyl/N-ethyl adjacent to an activating group) is 1. The smallest absolute Gasteiger partial charge is 0.191 e. The van der Waals surface area contributed by atoms with Crippen LogP contribution in [-0.4, -0.2) is 64.6 Å². The van der Waals surface area contributed by atoms with E-state index < -0.39 is 0 Å². The zero-order valence-corrected chi connectivity index (χ0v) is 17.9. The topological polar surface area (TPSA) is 98.0 Å². The highest BCUT2D eigenvalue weighted by molar-refractivity contribution is 7.99. The molecule has 8 nitrogen and oxygen atoms in total. The number of hydrogen-bond donors (Lipinski definition) is 1. The Balaban J connectivity index is 1.74. The number of aromatic nitrogens is 3. The van der Waals surface area contributed by atoms with Gasteiger partial charge in [0.1, 0.15) is 22.6 Å². The molecule has 0 amide bonds. The lowest BCUT2D eigenvalue weighted by Crippen LogP contribution is -2.44. The summed E-state index contributed by atoms with van der Waals surface area (Å²) in [5.41, 5.74) is 0. The molecule has 3 rings (SSSR count). The molecule has 1 saturated heterocycles. The summed E-state index contributed by atoms with van der Waals surface area (Å²) in [4.78, 5) is 30.0. The Labute approximate surface area is 178 Å². The summed E-state index contributed by atoms with van der Waals surface area (Å²) in [5, 5.41) is 13.5. The van der Waals surface area contributed by atoms with E-state index in [1.807, 2.05) is 6.07 Å². The first-order valence-corrected chi connectivity index (χ1v) is 11.1. The third-order valence-electron chi connectivity index (χ3n) is 4.40. The number of rotatable bonds is 9. The van der Waals surface area contributed by atoms with Crippen molar-refractivity contribution in [2.45, 2.75) is 18.0 Å². The van der Waals surface area contributed by atoms with Crippen LogP contribution in [0, 0.1) is 11.3 Å². The maximum atomic E-state index is 11.4. The van der Waals surface area contributed by atoms with E-state index in [0.29, 0.717) is 27.4 Å². The normalized spacial score (nSPS) is 14.4. The molecule has 10 heteroatoms. The van der Waals surface area contributed by atoms with Gasteiger partial charge in [0.25, 0.3) is 0 Å². The van der Waals surface area contributed by atoms with Gasteiger partial charge >= 0.3 is 0 Å². The van der Waals surface area contributed by atoms with Gasteiger partial charge in [-0.2, -0.15) is 5.26 Å². The van der Waals surface area contributed by atoms with Gasteiger partial charge in [-0.25, -0.2) is 15.0 Å². The monoisotopic (exact) mass is 429 g/mol. The van der Waals surface area contributed by atoms with Crippen molar-refractivity contribution in [2.24, 2.45) is 0 Å². The molecule has 1 aliphatic heterocycles. The quantitative estimate of drug-likeness (QED) is 0.279. The third-order valence-corrected chi connectivity index (χ3v) is 6.15. The highest BCUT2D eigenvalue weighted by Crippen LogP contribution is 2.27. The lowest BCUT2D eigenvalue weighted by molar-refractivity contribution is -0.114. The number of carbonyl (C=O) groups is 1. The number of nitriles is 1. The van der Waals surface area contributed by atoms with E-state index in [0.717, 1.165) is 44.2 Å². The first-order valence-electron chi connectivity index (χ1n) is 9.31. The fourth-order valence-corrected chi connectivity index (χ4v) is 4.16. The molecule has 1 fully saturated rings. The third kappa shape index (κ3) is 6.25. The van der Waals surface area contributed by atoms with Gasteiger partial charge < -0.3 is 15.1 Å². The van der Waals surface area contributed by atoms with Crippen LogP contribution in [0.2, 0.25) is 0 Å². The predicted molar refractivity (Wildman–Crippen MR) is 117 cm³/mol. The zero-order chi connectivity index (χ0) is 20.6. The average Bonchev–Trinajstić information content (AvgIpc) is 3.19. The number of allylic oxidation sites excluding steroid dienone is 1. The number of nitrogens with zero attached hydrogens (tertiary/aromatic N) is 6. The van der Waals surface area contributed by atoms with Gasteiger partial charge in [0.2, 0.25) is 0 Å². The van der Waals surface area contributed by atoms with Crippen molar-refractivity contribution in [1.82, 2.24) is 19.9 Å². The molecule has 0 radical (unpaired) electrons. The lowest BCUT2D eigenvalue weighted by Gasteiger charge is -2.33. The van der Waals surface area contributed by atoms with Crippen molar-refractivity contribution in [2.75, 3.05) is 49.2 Å². The molecular formula is C19H23N7OS2. The number of hydrogen-bond acceptors (Lipinski definition) is 10.